The Hall–Kier alpha value is -0.560. The first-order valence-electron chi connectivity index (χ1n) is 5.21. The monoisotopic (exact) mass is 182 g/mol. The summed E-state index contributed by atoms with van der Waals surface area (Å²) in [6, 6.07) is 0. The van der Waals surface area contributed by atoms with Crippen molar-refractivity contribution in [1.82, 2.24) is 0 Å². The molecule has 13 heavy (non-hydrogen) atoms. The van der Waals surface area contributed by atoms with E-state index in [1.807, 2.05) is 12.2 Å². The third-order valence-electron chi connectivity index (χ3n) is 2.14. The second-order valence-electron chi connectivity index (χ2n) is 3.45. The zero-order valence-corrected chi connectivity index (χ0v) is 8.54. The smallest absolute Gasteiger partial charge is 0.0540 e. The van der Waals surface area contributed by atoms with Gasteiger partial charge in [-0.2, -0.15) is 0 Å². The van der Waals surface area contributed by atoms with E-state index >= 15 is 0 Å². The van der Waals surface area contributed by atoms with Crippen molar-refractivity contribution in [1.29, 1.82) is 0 Å². The SMILES string of the molecule is C=CCCCCC(O)CCCC=C. The van der Waals surface area contributed by atoms with Gasteiger partial charge < -0.3 is 5.11 Å². The lowest BCUT2D eigenvalue weighted by Gasteiger charge is -2.08. The van der Waals surface area contributed by atoms with E-state index in [0.717, 1.165) is 44.9 Å². The summed E-state index contributed by atoms with van der Waals surface area (Å²) in [5.41, 5.74) is 0. The zero-order valence-electron chi connectivity index (χ0n) is 8.54. The fourth-order valence-electron chi connectivity index (χ4n) is 1.31. The number of unbranched alkanes of at least 4 members (excludes halogenated alkanes) is 3. The number of hydrogen-bond acceptors (Lipinski definition) is 1. The second-order valence-corrected chi connectivity index (χ2v) is 3.45. The highest BCUT2D eigenvalue weighted by Crippen LogP contribution is 2.09. The average molecular weight is 182 g/mol. The summed E-state index contributed by atoms with van der Waals surface area (Å²) in [4.78, 5) is 0. The molecule has 0 aliphatic carbocycles. The molecule has 0 bridgehead atoms. The maximum atomic E-state index is 9.52. The van der Waals surface area contributed by atoms with Gasteiger partial charge in [-0.25, -0.2) is 0 Å². The van der Waals surface area contributed by atoms with Crippen molar-refractivity contribution >= 4 is 0 Å². The van der Waals surface area contributed by atoms with E-state index in [9.17, 15) is 5.11 Å². The third kappa shape index (κ3) is 9.35. The molecule has 1 nitrogen and oxygen atoms in total. The van der Waals surface area contributed by atoms with Crippen LogP contribution in [0.4, 0.5) is 0 Å². The van der Waals surface area contributed by atoms with Crippen molar-refractivity contribution in [3.63, 3.8) is 0 Å². The van der Waals surface area contributed by atoms with Gasteiger partial charge in [0, 0.05) is 0 Å². The maximum Gasteiger partial charge on any atom is 0.0540 e. The molecule has 0 aromatic rings. The molecule has 1 unspecified atom stereocenters. The number of hydrogen-bond donors (Lipinski definition) is 1. The van der Waals surface area contributed by atoms with Gasteiger partial charge in [0.25, 0.3) is 0 Å². The molecule has 0 amide bonds. The van der Waals surface area contributed by atoms with E-state index in [4.69, 9.17) is 0 Å². The first-order valence-corrected chi connectivity index (χ1v) is 5.21. The van der Waals surface area contributed by atoms with Crippen LogP contribution in [0.2, 0.25) is 0 Å². The van der Waals surface area contributed by atoms with Crippen molar-refractivity contribution in [3.8, 4) is 0 Å². The van der Waals surface area contributed by atoms with Gasteiger partial charge in [0.15, 0.2) is 0 Å². The molecule has 0 saturated carbocycles. The van der Waals surface area contributed by atoms with Gasteiger partial charge in [-0.1, -0.05) is 18.6 Å². The maximum absolute atomic E-state index is 9.52. The second kappa shape index (κ2) is 9.53. The van der Waals surface area contributed by atoms with Crippen LogP contribution in [-0.2, 0) is 0 Å². The molecule has 0 aliphatic rings. The molecule has 0 rings (SSSR count). The molecule has 0 fully saturated rings. The molecule has 0 aliphatic heterocycles. The first kappa shape index (κ1) is 12.4. The molecule has 0 radical (unpaired) electrons. The number of aliphatic hydroxyl groups is 1. The van der Waals surface area contributed by atoms with Gasteiger partial charge in [0.1, 0.15) is 0 Å². The largest absolute Gasteiger partial charge is 0.393 e. The lowest BCUT2D eigenvalue weighted by molar-refractivity contribution is 0.149. The summed E-state index contributed by atoms with van der Waals surface area (Å²) in [6.45, 7) is 7.32. The Morgan fingerprint density at radius 2 is 1.46 bits per heavy atom. The molecule has 76 valence electrons. The summed E-state index contributed by atoms with van der Waals surface area (Å²) >= 11 is 0. The predicted octanol–water partition coefficient (Wildman–Crippen LogP) is 3.45. The zero-order chi connectivity index (χ0) is 9.94. The fraction of sp³-hybridized carbons (Fsp3) is 0.667. The topological polar surface area (TPSA) is 20.2 Å². The Kier molecular flexibility index (Phi) is 9.12. The van der Waals surface area contributed by atoms with Crippen LogP contribution in [0.3, 0.4) is 0 Å². The van der Waals surface area contributed by atoms with E-state index in [0.29, 0.717) is 0 Å². The minimum atomic E-state index is -0.107. The summed E-state index contributed by atoms with van der Waals surface area (Å²) in [5.74, 6) is 0. The summed E-state index contributed by atoms with van der Waals surface area (Å²) < 4.78 is 0. The molecule has 1 atom stereocenters. The van der Waals surface area contributed by atoms with Gasteiger partial charge in [-0.15, -0.1) is 13.2 Å². The first-order chi connectivity index (χ1) is 6.31. The van der Waals surface area contributed by atoms with Crippen molar-refractivity contribution in [2.45, 2.75) is 51.0 Å². The van der Waals surface area contributed by atoms with Crippen LogP contribution >= 0.6 is 0 Å². The van der Waals surface area contributed by atoms with Crippen LogP contribution in [0.1, 0.15) is 44.9 Å². The Morgan fingerprint density at radius 3 is 2.08 bits per heavy atom. The highest BCUT2D eigenvalue weighted by Gasteiger charge is 2.01. The Balaban J connectivity index is 3.14. The van der Waals surface area contributed by atoms with Crippen LogP contribution in [0.15, 0.2) is 25.3 Å². The normalized spacial score (nSPS) is 12.4. The van der Waals surface area contributed by atoms with E-state index in [-0.39, 0.29) is 6.10 Å². The molecule has 0 spiro atoms. The third-order valence-corrected chi connectivity index (χ3v) is 2.14. The number of aliphatic hydroxyl groups excluding tert-OH is 1. The minimum Gasteiger partial charge on any atom is -0.393 e. The van der Waals surface area contributed by atoms with Crippen LogP contribution in [0, 0.1) is 0 Å². The van der Waals surface area contributed by atoms with E-state index < -0.39 is 0 Å². The Labute approximate surface area is 82.2 Å². The Bertz CT molecular complexity index is 129. The van der Waals surface area contributed by atoms with Gasteiger partial charge in [0.2, 0.25) is 0 Å². The average Bonchev–Trinajstić information content (AvgIpc) is 2.13. The summed E-state index contributed by atoms with van der Waals surface area (Å²) in [7, 11) is 0. The fourth-order valence-corrected chi connectivity index (χ4v) is 1.31. The number of allylic oxidation sites excluding steroid dienone is 2. The molecule has 0 heterocycles. The van der Waals surface area contributed by atoms with Gasteiger partial charge in [0.05, 0.1) is 6.10 Å². The highest BCUT2D eigenvalue weighted by atomic mass is 16.3. The van der Waals surface area contributed by atoms with Crippen molar-refractivity contribution < 1.29 is 5.11 Å². The molecule has 1 heteroatoms. The minimum absolute atomic E-state index is 0.107. The highest BCUT2D eigenvalue weighted by molar-refractivity contribution is 4.69. The van der Waals surface area contributed by atoms with Gasteiger partial charge in [-0.05, 0) is 38.5 Å². The summed E-state index contributed by atoms with van der Waals surface area (Å²) in [6.07, 6.45) is 11.0. The van der Waals surface area contributed by atoms with Gasteiger partial charge >= 0.3 is 0 Å². The van der Waals surface area contributed by atoms with Crippen LogP contribution < -0.4 is 0 Å². The lowest BCUT2D eigenvalue weighted by Crippen LogP contribution is -2.05. The molecular weight excluding hydrogens is 160 g/mol. The number of rotatable bonds is 9. The van der Waals surface area contributed by atoms with Crippen molar-refractivity contribution in [2.75, 3.05) is 0 Å². The molecular formula is C12H22O. The summed E-state index contributed by atoms with van der Waals surface area (Å²) in [5, 5.41) is 9.52. The quantitative estimate of drug-likeness (QED) is 0.428. The van der Waals surface area contributed by atoms with E-state index in [1.54, 1.807) is 0 Å². The molecule has 1 N–H and O–H groups in total. The van der Waals surface area contributed by atoms with Gasteiger partial charge in [-0.3, -0.25) is 0 Å². The molecule has 0 aromatic carbocycles. The van der Waals surface area contributed by atoms with Crippen molar-refractivity contribution in [3.05, 3.63) is 25.3 Å². The van der Waals surface area contributed by atoms with Crippen LogP contribution in [0.5, 0.6) is 0 Å². The van der Waals surface area contributed by atoms with E-state index in [2.05, 4.69) is 13.2 Å². The standard InChI is InChI=1S/C12H22O/c1-3-5-7-9-11-12(13)10-8-6-4-2/h3-4,12-13H,1-2,5-11H2. The predicted molar refractivity (Wildman–Crippen MR) is 58.7 cm³/mol. The van der Waals surface area contributed by atoms with Crippen LogP contribution in [0.25, 0.3) is 0 Å². The molecule has 0 saturated heterocycles. The van der Waals surface area contributed by atoms with E-state index in [1.165, 1.54) is 0 Å². The van der Waals surface area contributed by atoms with Crippen molar-refractivity contribution in [2.24, 2.45) is 0 Å². The lowest BCUT2D eigenvalue weighted by atomic mass is 10.1. The Morgan fingerprint density at radius 1 is 0.923 bits per heavy atom. The molecule has 0 aromatic heterocycles. The van der Waals surface area contributed by atoms with Crippen LogP contribution in [-0.4, -0.2) is 11.2 Å².